The number of hydrogen-bond acceptors (Lipinski definition) is 3. The summed E-state index contributed by atoms with van der Waals surface area (Å²) in [6, 6.07) is 0.760. The van der Waals surface area contributed by atoms with Crippen LogP contribution < -0.4 is 5.73 Å². The van der Waals surface area contributed by atoms with E-state index in [4.69, 9.17) is 5.73 Å². The number of halogens is 2. The average Bonchev–Trinajstić information content (AvgIpc) is 1.97. The van der Waals surface area contributed by atoms with Crippen LogP contribution in [0.4, 0.5) is 14.6 Å². The highest BCUT2D eigenvalue weighted by Crippen LogP contribution is 2.32. The molecular weight excluding hydrogens is 206 g/mol. The molecular formula is C9H12F2N2S. The highest BCUT2D eigenvalue weighted by molar-refractivity contribution is 8.00. The smallest absolute Gasteiger partial charge is 0.168 e. The molecule has 0 aliphatic heterocycles. The van der Waals surface area contributed by atoms with Crippen molar-refractivity contribution in [1.29, 1.82) is 0 Å². The molecule has 0 fully saturated rings. The fourth-order valence-electron chi connectivity index (χ4n) is 0.825. The van der Waals surface area contributed by atoms with Crippen molar-refractivity contribution in [3.8, 4) is 0 Å². The summed E-state index contributed by atoms with van der Waals surface area (Å²) in [4.78, 5) is 3.65. The zero-order valence-electron chi connectivity index (χ0n) is 8.27. The predicted octanol–water partition coefficient (Wildman–Crippen LogP) is 2.83. The molecule has 5 heteroatoms. The molecule has 14 heavy (non-hydrogen) atoms. The van der Waals surface area contributed by atoms with Gasteiger partial charge in [-0.15, -0.1) is 0 Å². The minimum Gasteiger partial charge on any atom is -0.381 e. The topological polar surface area (TPSA) is 38.9 Å². The molecule has 0 aliphatic carbocycles. The van der Waals surface area contributed by atoms with Crippen LogP contribution in [0.25, 0.3) is 0 Å². The van der Waals surface area contributed by atoms with Crippen molar-refractivity contribution in [3.63, 3.8) is 0 Å². The van der Waals surface area contributed by atoms with Gasteiger partial charge in [-0.3, -0.25) is 0 Å². The molecule has 0 atom stereocenters. The van der Waals surface area contributed by atoms with Gasteiger partial charge >= 0.3 is 0 Å². The molecule has 78 valence electrons. The summed E-state index contributed by atoms with van der Waals surface area (Å²) in [5, 5.41) is 0.136. The van der Waals surface area contributed by atoms with Gasteiger partial charge in [0, 0.05) is 10.8 Å². The van der Waals surface area contributed by atoms with E-state index in [9.17, 15) is 8.78 Å². The first-order valence-corrected chi connectivity index (χ1v) is 4.92. The van der Waals surface area contributed by atoms with Crippen molar-refractivity contribution < 1.29 is 8.78 Å². The second kappa shape index (κ2) is 3.73. The number of rotatable bonds is 1. The van der Waals surface area contributed by atoms with Crippen LogP contribution in [0.2, 0.25) is 0 Å². The fourth-order valence-corrected chi connectivity index (χ4v) is 1.71. The van der Waals surface area contributed by atoms with E-state index in [0.717, 1.165) is 6.07 Å². The third kappa shape index (κ3) is 2.83. The maximum absolute atomic E-state index is 13.2. The van der Waals surface area contributed by atoms with Crippen LogP contribution in [-0.2, 0) is 0 Å². The first-order chi connectivity index (χ1) is 6.29. The third-order valence-corrected chi connectivity index (χ3v) is 2.42. The lowest BCUT2D eigenvalue weighted by atomic mass is 10.3. The molecule has 0 bridgehead atoms. The van der Waals surface area contributed by atoms with Crippen molar-refractivity contribution in [2.75, 3.05) is 5.73 Å². The molecule has 0 amide bonds. The van der Waals surface area contributed by atoms with Crippen molar-refractivity contribution >= 4 is 17.6 Å². The first-order valence-electron chi connectivity index (χ1n) is 4.10. The lowest BCUT2D eigenvalue weighted by Gasteiger charge is -2.17. The molecule has 0 saturated carbocycles. The average molecular weight is 218 g/mol. The van der Waals surface area contributed by atoms with Gasteiger partial charge in [-0.05, 0) is 0 Å². The van der Waals surface area contributed by atoms with Gasteiger partial charge in [0.1, 0.15) is 5.03 Å². The molecule has 0 aliphatic rings. The number of hydrogen-bond donors (Lipinski definition) is 1. The Morgan fingerprint density at radius 2 is 1.86 bits per heavy atom. The number of aromatic nitrogens is 1. The molecule has 0 saturated heterocycles. The normalized spacial score (nSPS) is 11.8. The molecule has 1 rings (SSSR count). The number of nitrogens with zero attached hydrogens (tertiary/aromatic N) is 1. The van der Waals surface area contributed by atoms with Crippen molar-refractivity contribution in [3.05, 3.63) is 17.7 Å². The first kappa shape index (κ1) is 11.2. The number of nitrogens with two attached hydrogens (primary N) is 1. The number of thioether (sulfide) groups is 1. The largest absolute Gasteiger partial charge is 0.381 e. The van der Waals surface area contributed by atoms with Crippen LogP contribution in [0.3, 0.4) is 0 Å². The SMILES string of the molecule is CC(C)(C)Sc1nc(N)c(F)cc1F. The lowest BCUT2D eigenvalue weighted by Crippen LogP contribution is -2.09. The number of pyridine rings is 1. The summed E-state index contributed by atoms with van der Waals surface area (Å²) in [5.41, 5.74) is 5.24. The van der Waals surface area contributed by atoms with E-state index in [2.05, 4.69) is 4.98 Å². The molecule has 0 unspecified atom stereocenters. The van der Waals surface area contributed by atoms with Crippen LogP contribution in [0.5, 0.6) is 0 Å². The standard InChI is InChI=1S/C9H12F2N2S/c1-9(2,3)14-8-6(11)4-5(10)7(12)13-8/h4H,1-3H3,(H2,12,13). The monoisotopic (exact) mass is 218 g/mol. The maximum atomic E-state index is 13.2. The Morgan fingerprint density at radius 3 is 2.36 bits per heavy atom. The zero-order valence-corrected chi connectivity index (χ0v) is 9.08. The van der Waals surface area contributed by atoms with E-state index in [1.165, 1.54) is 11.8 Å². The zero-order chi connectivity index (χ0) is 10.9. The van der Waals surface area contributed by atoms with Crippen molar-refractivity contribution in [2.24, 2.45) is 0 Å². The molecule has 1 heterocycles. The van der Waals surface area contributed by atoms with E-state index < -0.39 is 11.6 Å². The summed E-state index contributed by atoms with van der Waals surface area (Å²) in [5.74, 6) is -1.75. The van der Waals surface area contributed by atoms with Gasteiger partial charge in [0.15, 0.2) is 17.5 Å². The molecule has 0 spiro atoms. The Hall–Kier alpha value is -0.840. The lowest BCUT2D eigenvalue weighted by molar-refractivity contribution is 0.551. The Balaban J connectivity index is 3.04. The van der Waals surface area contributed by atoms with Gasteiger partial charge < -0.3 is 5.73 Å². The number of anilines is 1. The third-order valence-electron chi connectivity index (χ3n) is 1.33. The Kier molecular flexibility index (Phi) is 2.99. The van der Waals surface area contributed by atoms with Gasteiger partial charge in [-0.2, -0.15) is 0 Å². The Labute approximate surface area is 85.9 Å². The fraction of sp³-hybridized carbons (Fsp3) is 0.444. The minimum absolute atomic E-state index is 0.136. The van der Waals surface area contributed by atoms with Crippen molar-refractivity contribution in [1.82, 2.24) is 4.98 Å². The van der Waals surface area contributed by atoms with Gasteiger partial charge in [0.25, 0.3) is 0 Å². The minimum atomic E-state index is -0.819. The van der Waals surface area contributed by atoms with Gasteiger partial charge in [-0.1, -0.05) is 32.5 Å². The van der Waals surface area contributed by atoms with E-state index in [0.29, 0.717) is 0 Å². The number of nitrogen functional groups attached to an aromatic ring is 1. The molecule has 1 aromatic heterocycles. The quantitative estimate of drug-likeness (QED) is 0.737. The van der Waals surface area contributed by atoms with Gasteiger partial charge in [0.05, 0.1) is 0 Å². The maximum Gasteiger partial charge on any atom is 0.168 e. The van der Waals surface area contributed by atoms with Crippen molar-refractivity contribution in [2.45, 2.75) is 30.5 Å². The second-order valence-electron chi connectivity index (χ2n) is 3.86. The Bertz CT molecular complexity index is 347. The van der Waals surface area contributed by atoms with Gasteiger partial charge in [0.2, 0.25) is 0 Å². The summed E-state index contributed by atoms with van der Waals surface area (Å²) in [6.07, 6.45) is 0. The van der Waals surface area contributed by atoms with Gasteiger partial charge in [-0.25, -0.2) is 13.8 Å². The molecule has 2 N–H and O–H groups in total. The van der Waals surface area contributed by atoms with E-state index in [1.807, 2.05) is 20.8 Å². The van der Waals surface area contributed by atoms with Crippen LogP contribution in [0, 0.1) is 11.6 Å². The molecule has 2 nitrogen and oxygen atoms in total. The summed E-state index contributed by atoms with van der Waals surface area (Å²) < 4.78 is 25.8. The van der Waals surface area contributed by atoms with Crippen LogP contribution >= 0.6 is 11.8 Å². The Morgan fingerprint density at radius 1 is 1.29 bits per heavy atom. The predicted molar refractivity (Wildman–Crippen MR) is 54.2 cm³/mol. The van der Waals surface area contributed by atoms with E-state index in [1.54, 1.807) is 0 Å². The summed E-state index contributed by atoms with van der Waals surface area (Å²) in [7, 11) is 0. The highest BCUT2D eigenvalue weighted by atomic mass is 32.2. The molecule has 0 aromatic carbocycles. The highest BCUT2D eigenvalue weighted by Gasteiger charge is 2.18. The molecule has 0 radical (unpaired) electrons. The molecule has 1 aromatic rings. The van der Waals surface area contributed by atoms with Crippen LogP contribution in [0.15, 0.2) is 11.1 Å². The van der Waals surface area contributed by atoms with Crippen LogP contribution in [0.1, 0.15) is 20.8 Å². The van der Waals surface area contributed by atoms with E-state index in [-0.39, 0.29) is 15.6 Å². The summed E-state index contributed by atoms with van der Waals surface area (Å²) >= 11 is 1.22. The summed E-state index contributed by atoms with van der Waals surface area (Å²) in [6.45, 7) is 5.75. The van der Waals surface area contributed by atoms with E-state index >= 15 is 0 Å². The van der Waals surface area contributed by atoms with Crippen LogP contribution in [-0.4, -0.2) is 9.73 Å². The second-order valence-corrected chi connectivity index (χ2v) is 5.67.